The van der Waals surface area contributed by atoms with E-state index >= 15 is 0 Å². The number of anilines is 2. The van der Waals surface area contributed by atoms with Gasteiger partial charge in [-0.25, -0.2) is 4.99 Å². The summed E-state index contributed by atoms with van der Waals surface area (Å²) in [4.78, 5) is 4.30. The average Bonchev–Trinajstić information content (AvgIpc) is 2.73. The number of rotatable bonds is 11. The normalized spacial score (nSPS) is 14.1. The molecule has 0 aromatic heterocycles. The van der Waals surface area contributed by atoms with Crippen LogP contribution >= 0.6 is 0 Å². The summed E-state index contributed by atoms with van der Waals surface area (Å²) < 4.78 is 5.93. The Kier molecular flexibility index (Phi) is 11.1. The molecule has 0 spiro atoms. The molecule has 8 nitrogen and oxygen atoms in total. The van der Waals surface area contributed by atoms with E-state index in [9.17, 15) is 5.11 Å². The van der Waals surface area contributed by atoms with Crippen molar-refractivity contribution in [1.82, 2.24) is 5.32 Å². The van der Waals surface area contributed by atoms with E-state index in [2.05, 4.69) is 28.8 Å². The van der Waals surface area contributed by atoms with E-state index in [-0.39, 0.29) is 0 Å². The van der Waals surface area contributed by atoms with Gasteiger partial charge in [-0.3, -0.25) is 5.73 Å². The predicted octanol–water partition coefficient (Wildman–Crippen LogP) is 4.28. The lowest BCUT2D eigenvalue weighted by Gasteiger charge is -2.15. The highest BCUT2D eigenvalue weighted by Gasteiger charge is 2.10. The number of hydrogen-bond donors (Lipinski definition) is 6. The van der Waals surface area contributed by atoms with Gasteiger partial charge in [0.15, 0.2) is 6.35 Å². The maximum atomic E-state index is 9.38. The van der Waals surface area contributed by atoms with Crippen LogP contribution in [0.4, 0.5) is 11.4 Å². The van der Waals surface area contributed by atoms with E-state index in [1.165, 1.54) is 6.20 Å². The van der Waals surface area contributed by atoms with E-state index in [4.69, 9.17) is 21.6 Å². The fourth-order valence-electron chi connectivity index (χ4n) is 2.50. The first-order valence-electron chi connectivity index (χ1n) is 10.2. The third-order valence-corrected chi connectivity index (χ3v) is 4.07. The van der Waals surface area contributed by atoms with Crippen LogP contribution in [-0.2, 0) is 4.74 Å². The summed E-state index contributed by atoms with van der Waals surface area (Å²) in [6, 6.07) is 5.12. The Bertz CT molecular complexity index is 1030. The second kappa shape index (κ2) is 13.5. The number of nitrogens with two attached hydrogens (primary N) is 2. The van der Waals surface area contributed by atoms with Crippen molar-refractivity contribution in [3.63, 3.8) is 0 Å². The number of aliphatic hydroxyl groups is 1. The highest BCUT2D eigenvalue weighted by atomic mass is 16.5. The van der Waals surface area contributed by atoms with Gasteiger partial charge in [-0.05, 0) is 81.8 Å². The van der Waals surface area contributed by atoms with E-state index in [0.29, 0.717) is 40.0 Å². The summed E-state index contributed by atoms with van der Waals surface area (Å²) in [7, 11) is 0. The second-order valence-corrected chi connectivity index (χ2v) is 7.15. The summed E-state index contributed by atoms with van der Waals surface area (Å²) >= 11 is 0. The molecule has 0 bridgehead atoms. The van der Waals surface area contributed by atoms with E-state index in [0.717, 1.165) is 11.3 Å². The first kappa shape index (κ1) is 27.2. The van der Waals surface area contributed by atoms with Crippen molar-refractivity contribution < 1.29 is 9.84 Å². The van der Waals surface area contributed by atoms with Crippen LogP contribution in [0.1, 0.15) is 33.3 Å². The van der Waals surface area contributed by atoms with Crippen molar-refractivity contribution in [1.29, 1.82) is 5.41 Å². The Morgan fingerprint density at radius 3 is 2.48 bits per heavy atom. The van der Waals surface area contributed by atoms with Crippen LogP contribution in [0, 0.1) is 5.41 Å². The molecule has 0 aliphatic rings. The number of nitrogens with zero attached hydrogens (tertiary/aromatic N) is 1. The summed E-state index contributed by atoms with van der Waals surface area (Å²) in [5.74, 6) is 1.64. The molecule has 176 valence electrons. The molecule has 0 amide bonds. The Hall–Kier alpha value is -3.88. The fraction of sp³-hybridized carbons (Fsp3) is 0.200. The van der Waals surface area contributed by atoms with Crippen molar-refractivity contribution in [3.05, 3.63) is 96.3 Å². The molecule has 1 aromatic rings. The number of aliphatic hydroxyl groups excluding tert-OH is 1. The minimum Gasteiger partial charge on any atom is -0.457 e. The zero-order valence-electron chi connectivity index (χ0n) is 19.6. The van der Waals surface area contributed by atoms with Crippen LogP contribution in [0.5, 0.6) is 0 Å². The molecule has 1 unspecified atom stereocenters. The van der Waals surface area contributed by atoms with Gasteiger partial charge >= 0.3 is 0 Å². The molecule has 1 aromatic carbocycles. The van der Waals surface area contributed by atoms with Crippen LogP contribution in [0.25, 0.3) is 0 Å². The number of nitrogen functional groups attached to an aromatic ring is 1. The largest absolute Gasteiger partial charge is 0.457 e. The average molecular weight is 451 g/mol. The summed E-state index contributed by atoms with van der Waals surface area (Å²) in [6.07, 6.45) is 9.00. The van der Waals surface area contributed by atoms with Crippen LogP contribution < -0.4 is 22.1 Å². The molecule has 1 atom stereocenters. The van der Waals surface area contributed by atoms with Crippen molar-refractivity contribution in [3.8, 4) is 0 Å². The van der Waals surface area contributed by atoms with Gasteiger partial charge in [0.05, 0.1) is 0 Å². The Balaban J connectivity index is 3.19. The molecule has 0 saturated heterocycles. The molecule has 0 fully saturated rings. The first-order valence-corrected chi connectivity index (χ1v) is 10.2. The zero-order valence-corrected chi connectivity index (χ0v) is 19.6. The predicted molar refractivity (Wildman–Crippen MR) is 139 cm³/mol. The molecule has 8 N–H and O–H groups in total. The van der Waals surface area contributed by atoms with Crippen molar-refractivity contribution in [2.24, 2.45) is 10.7 Å². The number of ether oxygens (including phenoxy) is 1. The molecule has 0 heterocycles. The van der Waals surface area contributed by atoms with Crippen molar-refractivity contribution >= 4 is 22.9 Å². The van der Waals surface area contributed by atoms with Crippen LogP contribution in [0.3, 0.4) is 0 Å². The first-order chi connectivity index (χ1) is 15.6. The van der Waals surface area contributed by atoms with E-state index < -0.39 is 6.35 Å². The SMILES string of the molecule is C=CN=C(N/C(C)=C/C=C(/OC(/C=C\C(C)=N)=C/C)C(=C)C)c1cc(NC(N)O)ccc1N. The van der Waals surface area contributed by atoms with Gasteiger partial charge in [0.25, 0.3) is 0 Å². The molecule has 0 aliphatic heterocycles. The zero-order chi connectivity index (χ0) is 25.0. The van der Waals surface area contributed by atoms with Gasteiger partial charge in [0, 0.05) is 34.5 Å². The van der Waals surface area contributed by atoms with Gasteiger partial charge in [-0.15, -0.1) is 0 Å². The smallest absolute Gasteiger partial charge is 0.178 e. The standard InChI is InChI=1S/C25H34N6O2/c1-7-20(12-9-17(5)26)33-23(16(3)4)14-10-18(6)30-24(29-8-2)21-15-19(31-25(28)32)11-13-22(21)27/h7-15,25-26,31-32H,2-3,27-28H2,1,4-6H3,(H,29,30)/b12-9-,18-10+,20-7+,23-14+,26-17?. The summed E-state index contributed by atoms with van der Waals surface area (Å²) in [6.45, 7) is 14.9. The minimum absolute atomic E-state index is 0.423. The van der Waals surface area contributed by atoms with E-state index in [1.807, 2.05) is 32.9 Å². The number of nitrogens with one attached hydrogen (secondary N) is 3. The Morgan fingerprint density at radius 1 is 1.24 bits per heavy atom. The summed E-state index contributed by atoms with van der Waals surface area (Å²) in [5.41, 5.74) is 15.1. The maximum absolute atomic E-state index is 9.38. The number of hydrogen-bond acceptors (Lipinski definition) is 7. The molecule has 0 radical (unpaired) electrons. The van der Waals surface area contributed by atoms with Gasteiger partial charge in [0.2, 0.25) is 0 Å². The fourth-order valence-corrected chi connectivity index (χ4v) is 2.50. The molecule has 0 saturated carbocycles. The molecule has 33 heavy (non-hydrogen) atoms. The highest BCUT2D eigenvalue weighted by molar-refractivity contribution is 6.05. The minimum atomic E-state index is -1.21. The lowest BCUT2D eigenvalue weighted by Crippen LogP contribution is -2.29. The summed E-state index contributed by atoms with van der Waals surface area (Å²) in [5, 5.41) is 22.8. The van der Waals surface area contributed by atoms with Crippen molar-refractivity contribution in [2.75, 3.05) is 11.1 Å². The highest BCUT2D eigenvalue weighted by Crippen LogP contribution is 2.20. The number of amidine groups is 1. The monoisotopic (exact) mass is 450 g/mol. The number of benzene rings is 1. The lowest BCUT2D eigenvalue weighted by molar-refractivity contribution is 0.212. The number of allylic oxidation sites excluding steroid dienone is 7. The van der Waals surface area contributed by atoms with Gasteiger partial charge in [-0.1, -0.05) is 13.2 Å². The molecule has 8 heteroatoms. The molecular weight excluding hydrogens is 416 g/mol. The second-order valence-electron chi connectivity index (χ2n) is 7.15. The topological polar surface area (TPSA) is 142 Å². The van der Waals surface area contributed by atoms with Crippen LogP contribution in [0.2, 0.25) is 0 Å². The van der Waals surface area contributed by atoms with Gasteiger partial charge in [0.1, 0.15) is 17.4 Å². The quantitative estimate of drug-likeness (QED) is 0.0742. The van der Waals surface area contributed by atoms with Gasteiger partial charge in [-0.2, -0.15) is 0 Å². The maximum Gasteiger partial charge on any atom is 0.178 e. The Morgan fingerprint density at radius 2 is 1.94 bits per heavy atom. The lowest BCUT2D eigenvalue weighted by atomic mass is 10.1. The van der Waals surface area contributed by atoms with Gasteiger partial charge < -0.3 is 31.6 Å². The van der Waals surface area contributed by atoms with Crippen LogP contribution in [0.15, 0.2) is 95.7 Å². The third kappa shape index (κ3) is 9.86. The Labute approximate surface area is 195 Å². The van der Waals surface area contributed by atoms with E-state index in [1.54, 1.807) is 43.4 Å². The third-order valence-electron chi connectivity index (χ3n) is 4.07. The molecule has 0 aliphatic carbocycles. The molecule has 1 rings (SSSR count). The van der Waals surface area contributed by atoms with Crippen LogP contribution in [-0.4, -0.2) is 23.0 Å². The van der Waals surface area contributed by atoms with Crippen molar-refractivity contribution in [2.45, 2.75) is 34.0 Å². The molecular formula is C25H34N6O2. The number of aliphatic imine (C=N–C) groups is 1.